The highest BCUT2D eigenvalue weighted by molar-refractivity contribution is 7.48. The minimum Gasteiger partial charge on any atom is -0.460 e. The van der Waals surface area contributed by atoms with Crippen molar-refractivity contribution in [1.29, 1.82) is 0 Å². The summed E-state index contributed by atoms with van der Waals surface area (Å²) in [5.74, 6) is -0.964. The van der Waals surface area contributed by atoms with Crippen LogP contribution in [0, 0.1) is 12.5 Å². The smallest absolute Gasteiger partial charge is 0.460 e. The molecule has 1 aromatic heterocycles. The van der Waals surface area contributed by atoms with Gasteiger partial charge in [-0.15, -0.1) is 11.3 Å². The third kappa shape index (κ3) is 5.58. The molecule has 1 fully saturated rings. The highest BCUT2D eigenvalue weighted by Crippen LogP contribution is 2.56. The van der Waals surface area contributed by atoms with Crippen LogP contribution in [0.4, 0.5) is 0 Å². The summed E-state index contributed by atoms with van der Waals surface area (Å²) in [7, 11) is -0.802. The number of phosphoric ester groups is 1. The summed E-state index contributed by atoms with van der Waals surface area (Å²) in [4.78, 5) is 28.7. The molecule has 0 aromatic carbocycles. The number of aromatic nitrogens is 1. The molecule has 1 aromatic rings. The van der Waals surface area contributed by atoms with Crippen molar-refractivity contribution in [3.8, 4) is 0 Å². The van der Waals surface area contributed by atoms with Crippen molar-refractivity contribution in [2.75, 3.05) is 13.2 Å². The third-order valence-electron chi connectivity index (χ3n) is 3.42. The monoisotopic (exact) mass is 391 g/mol. The minimum absolute atomic E-state index is 0.00230. The van der Waals surface area contributed by atoms with Crippen LogP contribution in [0.3, 0.4) is 0 Å². The van der Waals surface area contributed by atoms with Gasteiger partial charge in [-0.2, -0.15) is 0 Å². The van der Waals surface area contributed by atoms with Crippen molar-refractivity contribution in [3.63, 3.8) is 0 Å². The fourth-order valence-corrected chi connectivity index (χ4v) is 3.84. The SMILES string of the molecule is [CH2]O[P@@]1(=O)OCC(C)(C)[C@H](C(=O)NCCC(=O)OCc2cncs2)O1. The van der Waals surface area contributed by atoms with Crippen LogP contribution in [0.25, 0.3) is 0 Å². The van der Waals surface area contributed by atoms with Gasteiger partial charge in [-0.3, -0.25) is 28.1 Å². The number of carbonyl (C=O) groups is 2. The van der Waals surface area contributed by atoms with Gasteiger partial charge in [0.1, 0.15) is 6.61 Å². The van der Waals surface area contributed by atoms with Gasteiger partial charge in [-0.1, -0.05) is 13.8 Å². The van der Waals surface area contributed by atoms with Gasteiger partial charge in [0.2, 0.25) is 5.91 Å². The van der Waals surface area contributed by atoms with Crippen molar-refractivity contribution in [1.82, 2.24) is 10.3 Å². The number of carbonyl (C=O) groups excluding carboxylic acids is 2. The standard InChI is InChI=1S/C14H20N2O7PS/c1-14(2)8-22-24(19,20-3)23-12(14)13(18)16-5-4-11(17)21-7-10-6-15-9-25-10/h6,9,12H,3-5,7-8H2,1-2H3,(H,16,18)/t12-,24-/m0/s1. The summed E-state index contributed by atoms with van der Waals surface area (Å²) in [5, 5.41) is 2.57. The number of thiazole rings is 1. The van der Waals surface area contributed by atoms with Gasteiger partial charge < -0.3 is 10.1 Å². The molecule has 9 nitrogen and oxygen atoms in total. The van der Waals surface area contributed by atoms with E-state index in [0.29, 0.717) is 0 Å². The van der Waals surface area contributed by atoms with Crippen LogP contribution >= 0.6 is 19.2 Å². The van der Waals surface area contributed by atoms with Gasteiger partial charge in [0.25, 0.3) is 0 Å². The van der Waals surface area contributed by atoms with Crippen molar-refractivity contribution in [2.24, 2.45) is 5.41 Å². The Labute approximate surface area is 149 Å². The average molecular weight is 391 g/mol. The number of nitrogens with one attached hydrogen (secondary N) is 1. The van der Waals surface area contributed by atoms with E-state index in [4.69, 9.17) is 13.8 Å². The van der Waals surface area contributed by atoms with Gasteiger partial charge in [0.05, 0.1) is 30.5 Å². The first-order valence-corrected chi connectivity index (χ1v) is 9.77. The predicted molar refractivity (Wildman–Crippen MR) is 88.2 cm³/mol. The molecule has 0 saturated carbocycles. The lowest BCUT2D eigenvalue weighted by Crippen LogP contribution is -2.49. The number of hydrogen-bond donors (Lipinski definition) is 1. The Bertz CT molecular complexity index is 650. The Morgan fingerprint density at radius 3 is 2.96 bits per heavy atom. The Morgan fingerprint density at radius 2 is 2.32 bits per heavy atom. The Hall–Kier alpha value is -1.32. The summed E-state index contributed by atoms with van der Waals surface area (Å²) in [6, 6.07) is 0. The summed E-state index contributed by atoms with van der Waals surface area (Å²) in [6.45, 7) is 3.68. The second-order valence-electron chi connectivity index (χ2n) is 5.99. The highest BCUT2D eigenvalue weighted by atomic mass is 32.1. The minimum atomic E-state index is -3.84. The fraction of sp³-hybridized carbons (Fsp3) is 0.571. The summed E-state index contributed by atoms with van der Waals surface area (Å²) >= 11 is 1.38. The second-order valence-corrected chi connectivity index (χ2v) is 8.59. The molecular weight excluding hydrogens is 371 g/mol. The topological polar surface area (TPSA) is 113 Å². The summed E-state index contributed by atoms with van der Waals surface area (Å²) in [6.07, 6.45) is 0.562. The average Bonchev–Trinajstić information content (AvgIpc) is 3.09. The molecule has 0 bridgehead atoms. The highest BCUT2D eigenvalue weighted by Gasteiger charge is 2.48. The number of amides is 1. The number of ether oxygens (including phenoxy) is 1. The molecule has 2 rings (SSSR count). The number of esters is 1. The van der Waals surface area contributed by atoms with Crippen molar-refractivity contribution >= 4 is 31.0 Å². The van der Waals surface area contributed by atoms with Crippen LogP contribution in [0.2, 0.25) is 0 Å². The maximum Gasteiger partial charge on any atom is 0.475 e. The van der Waals surface area contributed by atoms with E-state index < -0.39 is 31.2 Å². The molecule has 0 spiro atoms. The zero-order valence-electron chi connectivity index (χ0n) is 13.9. The van der Waals surface area contributed by atoms with Crippen molar-refractivity contribution < 1.29 is 32.5 Å². The fourth-order valence-electron chi connectivity index (χ4n) is 2.01. The quantitative estimate of drug-likeness (QED) is 0.555. The molecule has 1 N–H and O–H groups in total. The zero-order valence-corrected chi connectivity index (χ0v) is 15.6. The van der Waals surface area contributed by atoms with Crippen LogP contribution in [-0.2, 0) is 39.1 Å². The molecule has 1 aliphatic rings. The molecule has 0 unspecified atom stereocenters. The lowest BCUT2D eigenvalue weighted by atomic mass is 9.87. The summed E-state index contributed by atoms with van der Waals surface area (Å²) < 4.78 is 31.7. The van der Waals surface area contributed by atoms with Crippen LogP contribution in [0.1, 0.15) is 25.1 Å². The van der Waals surface area contributed by atoms with E-state index in [-0.39, 0.29) is 26.2 Å². The first-order chi connectivity index (χ1) is 11.8. The predicted octanol–water partition coefficient (Wildman–Crippen LogP) is 2.05. The molecule has 2 heterocycles. The van der Waals surface area contributed by atoms with E-state index in [1.807, 2.05) is 0 Å². The largest absolute Gasteiger partial charge is 0.475 e. The van der Waals surface area contributed by atoms with Crippen LogP contribution < -0.4 is 5.32 Å². The molecule has 25 heavy (non-hydrogen) atoms. The third-order valence-corrected chi connectivity index (χ3v) is 5.41. The van der Waals surface area contributed by atoms with Crippen LogP contribution in [0.5, 0.6) is 0 Å². The Kier molecular flexibility index (Phi) is 6.70. The van der Waals surface area contributed by atoms with Gasteiger partial charge in [0, 0.05) is 18.2 Å². The van der Waals surface area contributed by atoms with Crippen molar-refractivity contribution in [2.45, 2.75) is 33.0 Å². The molecule has 2 atom stereocenters. The summed E-state index contributed by atoms with van der Waals surface area (Å²) in [5.41, 5.74) is 0.927. The molecule has 1 radical (unpaired) electrons. The maximum atomic E-state index is 12.3. The van der Waals surface area contributed by atoms with Crippen LogP contribution in [-0.4, -0.2) is 36.1 Å². The number of nitrogens with zero attached hydrogens (tertiary/aromatic N) is 1. The Morgan fingerprint density at radius 1 is 1.56 bits per heavy atom. The second kappa shape index (κ2) is 8.37. The lowest BCUT2D eigenvalue weighted by molar-refractivity contribution is -0.145. The number of hydrogen-bond acceptors (Lipinski definition) is 9. The first-order valence-electron chi connectivity index (χ1n) is 7.43. The molecule has 139 valence electrons. The van der Waals surface area contributed by atoms with Gasteiger partial charge >= 0.3 is 13.8 Å². The van der Waals surface area contributed by atoms with E-state index in [1.54, 1.807) is 25.6 Å². The number of phosphoric acid groups is 1. The zero-order chi connectivity index (χ0) is 18.5. The molecule has 1 saturated heterocycles. The molecule has 1 amide bonds. The van der Waals surface area contributed by atoms with Crippen LogP contribution in [0.15, 0.2) is 11.7 Å². The first kappa shape index (κ1) is 20.0. The van der Waals surface area contributed by atoms with Gasteiger partial charge in [-0.25, -0.2) is 4.57 Å². The lowest BCUT2D eigenvalue weighted by Gasteiger charge is -2.38. The van der Waals surface area contributed by atoms with E-state index in [2.05, 4.69) is 21.9 Å². The maximum absolute atomic E-state index is 12.3. The normalized spacial score (nSPS) is 25.3. The van der Waals surface area contributed by atoms with E-state index in [9.17, 15) is 14.2 Å². The molecule has 1 aliphatic heterocycles. The van der Waals surface area contributed by atoms with E-state index in [0.717, 1.165) is 4.88 Å². The molecule has 11 heteroatoms. The molecular formula is C14H20N2O7PS. The Balaban J connectivity index is 1.78. The van der Waals surface area contributed by atoms with E-state index in [1.165, 1.54) is 11.3 Å². The number of rotatable bonds is 7. The van der Waals surface area contributed by atoms with Gasteiger partial charge in [-0.05, 0) is 0 Å². The van der Waals surface area contributed by atoms with Crippen molar-refractivity contribution in [3.05, 3.63) is 23.7 Å². The van der Waals surface area contributed by atoms with Gasteiger partial charge in [0.15, 0.2) is 6.10 Å². The van der Waals surface area contributed by atoms with E-state index >= 15 is 0 Å². The molecule has 0 aliphatic carbocycles.